The maximum absolute atomic E-state index is 11.3. The van der Waals surface area contributed by atoms with Crippen molar-refractivity contribution in [3.05, 3.63) is 24.3 Å². The van der Waals surface area contributed by atoms with Gasteiger partial charge in [0.05, 0.1) is 6.04 Å². The van der Waals surface area contributed by atoms with Crippen LogP contribution in [0.1, 0.15) is 6.92 Å². The van der Waals surface area contributed by atoms with E-state index in [1.807, 2.05) is 30.5 Å². The fourth-order valence-electron chi connectivity index (χ4n) is 0.957. The second kappa shape index (κ2) is 5.02. The van der Waals surface area contributed by atoms with E-state index in [4.69, 9.17) is 5.73 Å². The first kappa shape index (κ1) is 11.1. The summed E-state index contributed by atoms with van der Waals surface area (Å²) in [5.41, 5.74) is 6.23. The van der Waals surface area contributed by atoms with E-state index in [9.17, 15) is 4.79 Å². The fourth-order valence-corrected chi connectivity index (χ4v) is 1.42. The van der Waals surface area contributed by atoms with E-state index < -0.39 is 6.04 Å². The summed E-state index contributed by atoms with van der Waals surface area (Å²) >= 11 is 1.64. The highest BCUT2D eigenvalue weighted by atomic mass is 32.2. The Bertz CT molecular complexity index is 326. The summed E-state index contributed by atoms with van der Waals surface area (Å²) in [6.45, 7) is 1.66. The average molecular weight is 210 g/mol. The smallest absolute Gasteiger partial charge is 0.240 e. The molecule has 3 nitrogen and oxygen atoms in total. The van der Waals surface area contributed by atoms with Crippen molar-refractivity contribution in [3.8, 4) is 0 Å². The minimum atomic E-state index is -0.479. The summed E-state index contributed by atoms with van der Waals surface area (Å²) in [6, 6.07) is 7.19. The molecular formula is C10H14N2OS. The number of carbonyl (C=O) groups is 1. The van der Waals surface area contributed by atoms with Crippen molar-refractivity contribution in [1.82, 2.24) is 0 Å². The second-order valence-corrected chi connectivity index (χ2v) is 3.89. The highest BCUT2D eigenvalue weighted by Crippen LogP contribution is 2.18. The Morgan fingerprint density at radius 3 is 2.86 bits per heavy atom. The Hall–Kier alpha value is -1.00. The van der Waals surface area contributed by atoms with Gasteiger partial charge in [0.2, 0.25) is 5.91 Å². The molecular weight excluding hydrogens is 196 g/mol. The van der Waals surface area contributed by atoms with Gasteiger partial charge in [-0.25, -0.2) is 0 Å². The van der Waals surface area contributed by atoms with Gasteiger partial charge >= 0.3 is 0 Å². The Morgan fingerprint density at radius 2 is 2.29 bits per heavy atom. The lowest BCUT2D eigenvalue weighted by Gasteiger charge is -2.08. The third kappa shape index (κ3) is 3.05. The van der Waals surface area contributed by atoms with Gasteiger partial charge in [-0.2, -0.15) is 0 Å². The molecule has 1 rings (SSSR count). The van der Waals surface area contributed by atoms with Crippen molar-refractivity contribution in [2.75, 3.05) is 11.6 Å². The van der Waals surface area contributed by atoms with Crippen molar-refractivity contribution in [2.24, 2.45) is 5.73 Å². The molecule has 0 saturated carbocycles. The molecule has 0 aliphatic carbocycles. The van der Waals surface area contributed by atoms with Gasteiger partial charge in [0, 0.05) is 10.6 Å². The Morgan fingerprint density at radius 1 is 1.57 bits per heavy atom. The molecule has 0 radical (unpaired) electrons. The molecule has 1 amide bonds. The minimum absolute atomic E-state index is 0.164. The summed E-state index contributed by atoms with van der Waals surface area (Å²) in [7, 11) is 0. The number of amides is 1. The molecule has 0 spiro atoms. The van der Waals surface area contributed by atoms with Crippen molar-refractivity contribution < 1.29 is 4.79 Å². The highest BCUT2D eigenvalue weighted by Gasteiger charge is 2.06. The second-order valence-electron chi connectivity index (χ2n) is 3.01. The molecule has 0 bridgehead atoms. The average Bonchev–Trinajstić information content (AvgIpc) is 2.18. The van der Waals surface area contributed by atoms with Crippen LogP contribution in [-0.4, -0.2) is 18.2 Å². The summed E-state index contributed by atoms with van der Waals surface area (Å²) < 4.78 is 0. The Balaban J connectivity index is 2.72. The number of benzene rings is 1. The molecule has 1 unspecified atom stereocenters. The van der Waals surface area contributed by atoms with E-state index in [-0.39, 0.29) is 5.91 Å². The van der Waals surface area contributed by atoms with Crippen LogP contribution in [0.5, 0.6) is 0 Å². The van der Waals surface area contributed by atoms with E-state index in [0.717, 1.165) is 10.6 Å². The van der Waals surface area contributed by atoms with E-state index in [1.165, 1.54) is 0 Å². The van der Waals surface area contributed by atoms with Crippen LogP contribution in [0, 0.1) is 0 Å². The normalized spacial score (nSPS) is 12.2. The SMILES string of the molecule is CSc1cccc(NC(=O)C(C)N)c1. The molecule has 76 valence electrons. The van der Waals surface area contributed by atoms with Crippen LogP contribution in [0.4, 0.5) is 5.69 Å². The summed E-state index contributed by atoms with van der Waals surface area (Å²) in [4.78, 5) is 12.4. The molecule has 1 aromatic rings. The van der Waals surface area contributed by atoms with Crippen molar-refractivity contribution in [2.45, 2.75) is 17.9 Å². The molecule has 0 saturated heterocycles. The number of nitrogens with two attached hydrogens (primary N) is 1. The van der Waals surface area contributed by atoms with Crippen LogP contribution in [0.25, 0.3) is 0 Å². The van der Waals surface area contributed by atoms with E-state index in [0.29, 0.717) is 0 Å². The molecule has 0 aliphatic rings. The molecule has 3 N–H and O–H groups in total. The van der Waals surface area contributed by atoms with E-state index in [1.54, 1.807) is 18.7 Å². The van der Waals surface area contributed by atoms with Crippen LogP contribution < -0.4 is 11.1 Å². The lowest BCUT2D eigenvalue weighted by Crippen LogP contribution is -2.32. The number of carbonyl (C=O) groups excluding carboxylic acids is 1. The van der Waals surface area contributed by atoms with Crippen molar-refractivity contribution in [1.29, 1.82) is 0 Å². The zero-order valence-electron chi connectivity index (χ0n) is 8.28. The molecule has 14 heavy (non-hydrogen) atoms. The standard InChI is InChI=1S/C10H14N2OS/c1-7(11)10(13)12-8-4-3-5-9(6-8)14-2/h3-7H,11H2,1-2H3,(H,12,13). The molecule has 0 fully saturated rings. The third-order valence-corrected chi connectivity index (χ3v) is 2.48. The fraction of sp³-hybridized carbons (Fsp3) is 0.300. The Labute approximate surface area is 88.1 Å². The minimum Gasteiger partial charge on any atom is -0.325 e. The first-order valence-electron chi connectivity index (χ1n) is 4.34. The van der Waals surface area contributed by atoms with E-state index >= 15 is 0 Å². The van der Waals surface area contributed by atoms with Crippen LogP contribution in [-0.2, 0) is 4.79 Å². The molecule has 1 aromatic carbocycles. The van der Waals surface area contributed by atoms with Crippen LogP contribution in [0.15, 0.2) is 29.2 Å². The van der Waals surface area contributed by atoms with Gasteiger partial charge in [0.15, 0.2) is 0 Å². The van der Waals surface area contributed by atoms with Gasteiger partial charge in [-0.1, -0.05) is 6.07 Å². The highest BCUT2D eigenvalue weighted by molar-refractivity contribution is 7.98. The lowest BCUT2D eigenvalue weighted by molar-refractivity contribution is -0.117. The van der Waals surface area contributed by atoms with Crippen molar-refractivity contribution >= 4 is 23.4 Å². The predicted octanol–water partition coefficient (Wildman–Crippen LogP) is 1.69. The first-order chi connectivity index (χ1) is 6.63. The maximum Gasteiger partial charge on any atom is 0.240 e. The predicted molar refractivity (Wildman–Crippen MR) is 60.5 cm³/mol. The summed E-state index contributed by atoms with van der Waals surface area (Å²) in [5, 5.41) is 2.74. The Kier molecular flexibility index (Phi) is 3.98. The monoisotopic (exact) mass is 210 g/mol. The maximum atomic E-state index is 11.3. The first-order valence-corrected chi connectivity index (χ1v) is 5.56. The number of nitrogens with one attached hydrogen (secondary N) is 1. The van der Waals surface area contributed by atoms with Crippen LogP contribution in [0.2, 0.25) is 0 Å². The third-order valence-electron chi connectivity index (χ3n) is 1.75. The van der Waals surface area contributed by atoms with Gasteiger partial charge in [-0.05, 0) is 31.4 Å². The summed E-state index contributed by atoms with van der Waals surface area (Å²) in [5.74, 6) is -0.164. The van der Waals surface area contributed by atoms with Gasteiger partial charge in [0.1, 0.15) is 0 Å². The lowest BCUT2D eigenvalue weighted by atomic mass is 10.3. The van der Waals surface area contributed by atoms with Crippen LogP contribution in [0.3, 0.4) is 0 Å². The number of hydrogen-bond acceptors (Lipinski definition) is 3. The molecule has 1 atom stereocenters. The number of hydrogen-bond donors (Lipinski definition) is 2. The van der Waals surface area contributed by atoms with Gasteiger partial charge < -0.3 is 11.1 Å². The van der Waals surface area contributed by atoms with Crippen LogP contribution >= 0.6 is 11.8 Å². The zero-order chi connectivity index (χ0) is 10.6. The van der Waals surface area contributed by atoms with E-state index in [2.05, 4.69) is 5.32 Å². The van der Waals surface area contributed by atoms with Gasteiger partial charge in [0.25, 0.3) is 0 Å². The number of anilines is 1. The van der Waals surface area contributed by atoms with Crippen molar-refractivity contribution in [3.63, 3.8) is 0 Å². The zero-order valence-corrected chi connectivity index (χ0v) is 9.10. The molecule has 4 heteroatoms. The topological polar surface area (TPSA) is 55.1 Å². The summed E-state index contributed by atoms with van der Waals surface area (Å²) in [6.07, 6.45) is 1.99. The molecule has 0 aromatic heterocycles. The quantitative estimate of drug-likeness (QED) is 0.746. The van der Waals surface area contributed by atoms with Gasteiger partial charge in [-0.15, -0.1) is 11.8 Å². The number of rotatable bonds is 3. The number of thioether (sulfide) groups is 1. The molecule has 0 aliphatic heterocycles. The van der Waals surface area contributed by atoms with Gasteiger partial charge in [-0.3, -0.25) is 4.79 Å². The molecule has 0 heterocycles. The largest absolute Gasteiger partial charge is 0.325 e.